The monoisotopic (exact) mass is 1050 g/mol. The molecular weight excluding hydrogens is 987 g/mol. The second-order valence-electron chi connectivity index (χ2n) is 21.8. The van der Waals surface area contributed by atoms with E-state index in [-0.39, 0.29) is 29.7 Å². The van der Waals surface area contributed by atoms with Crippen LogP contribution >= 0.6 is 0 Å². The third kappa shape index (κ3) is 6.81. The third-order valence-electron chi connectivity index (χ3n) is 18.0. The summed E-state index contributed by atoms with van der Waals surface area (Å²) in [4.78, 5) is 2.47. The van der Waals surface area contributed by atoms with E-state index in [1.54, 1.807) is 0 Å². The minimum absolute atomic E-state index is 0.170. The van der Waals surface area contributed by atoms with Crippen LogP contribution in [0.25, 0.3) is 44.5 Å². The van der Waals surface area contributed by atoms with Gasteiger partial charge in [-0.1, -0.05) is 291 Å². The van der Waals surface area contributed by atoms with E-state index in [9.17, 15) is 2.74 Å². The molecule has 384 valence electrons. The molecule has 3 aliphatic rings. The fourth-order valence-electron chi connectivity index (χ4n) is 14.8. The van der Waals surface area contributed by atoms with Gasteiger partial charge in [-0.15, -0.1) is 0 Å². The number of rotatable bonds is 10. The first-order valence-electron chi connectivity index (χ1n) is 30.7. The van der Waals surface area contributed by atoms with Gasteiger partial charge in [-0.25, -0.2) is 0 Å². The lowest BCUT2D eigenvalue weighted by Crippen LogP contribution is -2.29. The number of benzene rings is 13. The van der Waals surface area contributed by atoms with Crippen LogP contribution in [0.3, 0.4) is 0 Å². The largest absolute Gasteiger partial charge is 0.310 e. The first kappa shape index (κ1) is 42.6. The Balaban J connectivity index is 1.00. The van der Waals surface area contributed by atoms with E-state index >= 15 is 0 Å². The average molecular weight is 1050 g/mol. The highest BCUT2D eigenvalue weighted by molar-refractivity contribution is 5.95. The van der Waals surface area contributed by atoms with Gasteiger partial charge in [0.05, 0.1) is 23.1 Å². The Morgan fingerprint density at radius 3 is 0.829 bits per heavy atom. The van der Waals surface area contributed by atoms with Gasteiger partial charge in [0.1, 0.15) is 0 Å². The summed E-state index contributed by atoms with van der Waals surface area (Å²) >= 11 is 0. The molecule has 0 atom stereocenters. The summed E-state index contributed by atoms with van der Waals surface area (Å²) in [7, 11) is 0. The molecule has 0 spiro atoms. The van der Waals surface area contributed by atoms with E-state index < -0.39 is 22.3 Å². The van der Waals surface area contributed by atoms with Gasteiger partial charge in [-0.05, 0) is 154 Å². The summed E-state index contributed by atoms with van der Waals surface area (Å²) in [6.07, 6.45) is 0. The highest BCUT2D eigenvalue weighted by Crippen LogP contribution is 2.62. The van der Waals surface area contributed by atoms with Crippen molar-refractivity contribution in [1.82, 2.24) is 0 Å². The molecule has 1 heteroatoms. The summed E-state index contributed by atoms with van der Waals surface area (Å²) in [6.45, 7) is 0. The van der Waals surface area contributed by atoms with Gasteiger partial charge in [0.2, 0.25) is 0 Å². The van der Waals surface area contributed by atoms with Gasteiger partial charge in [-0.2, -0.15) is 0 Å². The molecule has 13 aromatic carbocycles. The second-order valence-corrected chi connectivity index (χ2v) is 21.8. The van der Waals surface area contributed by atoms with Crippen molar-refractivity contribution in [2.45, 2.75) is 16.2 Å². The van der Waals surface area contributed by atoms with E-state index in [1.807, 2.05) is 18.2 Å². The molecule has 0 radical (unpaired) electrons. The Labute approximate surface area is 487 Å². The van der Waals surface area contributed by atoms with Crippen molar-refractivity contribution in [2.75, 3.05) is 4.90 Å². The molecule has 0 bridgehead atoms. The smallest absolute Gasteiger partial charge is 0.0714 e. The molecule has 0 heterocycles. The molecule has 13 aromatic rings. The molecular formula is C81H55N. The number of nitrogens with zero attached hydrogens (tertiary/aromatic N) is 1. The summed E-state index contributed by atoms with van der Waals surface area (Å²) in [5.41, 5.74) is 21.9. The molecule has 0 aliphatic heterocycles. The van der Waals surface area contributed by atoms with Crippen molar-refractivity contribution in [3.8, 4) is 44.5 Å². The molecule has 16 rings (SSSR count). The van der Waals surface area contributed by atoms with Crippen LogP contribution in [0.2, 0.25) is 0 Å². The van der Waals surface area contributed by atoms with Gasteiger partial charge in [0.25, 0.3) is 0 Å². The summed E-state index contributed by atoms with van der Waals surface area (Å²) in [5, 5.41) is 0. The van der Waals surface area contributed by atoms with Crippen LogP contribution in [0.1, 0.15) is 73.6 Å². The fraction of sp³-hybridized carbons (Fsp3) is 0.0370. The SMILES string of the molecule is [2H]c1c([2H])c([2H])c(-c2ccc3c(c2)C(c2ccccc2)(c2ccccc2)c2cc(N(c4ccc5c(c4)C(c4ccccc4)(c4ccccc4)c4ccccc4-5)c4ccc5c(c4)C(c4ccccc4)(c4ccccc4)c4ccccc4-5)ccc2-3)c([2H])c1[2H]. The normalized spacial score (nSPS) is 15.0. The molecule has 0 N–H and O–H groups in total. The standard InChI is InChI=1S/C81H55N/c1-8-26-56(27-9-1)57-44-48-69-72-51-47-66(55-78(72)81(75(69)52-57,62-36-18-6-19-37-62)63-38-20-7-21-39-63)82(64-45-49-70-67-40-22-24-42-73(67)79(76(70)53-64,58-28-10-2-11-29-58)59-30-12-3-13-31-59)65-46-50-71-68-41-23-25-43-74(68)80(77(71)54-65,60-32-14-4-15-33-60)61-34-16-5-17-35-61/h1-55H/i1D,8D,9D,26D,27D. The van der Waals surface area contributed by atoms with E-state index in [1.165, 1.54) is 66.8 Å². The second kappa shape index (κ2) is 18.9. The highest BCUT2D eigenvalue weighted by atomic mass is 15.1. The Morgan fingerprint density at radius 1 is 0.220 bits per heavy atom. The van der Waals surface area contributed by atoms with Crippen LogP contribution in [-0.2, 0) is 16.2 Å². The van der Waals surface area contributed by atoms with Gasteiger partial charge in [-0.3, -0.25) is 0 Å². The zero-order valence-corrected chi connectivity index (χ0v) is 44.8. The van der Waals surface area contributed by atoms with Gasteiger partial charge in [0.15, 0.2) is 0 Å². The van der Waals surface area contributed by atoms with E-state index in [2.05, 4.69) is 290 Å². The molecule has 0 saturated heterocycles. The lowest BCUT2D eigenvalue weighted by atomic mass is 9.67. The summed E-state index contributed by atoms with van der Waals surface area (Å²) in [5.74, 6) is 0. The lowest BCUT2D eigenvalue weighted by Gasteiger charge is -2.36. The average Bonchev–Trinajstić information content (AvgIpc) is 1.68. The van der Waals surface area contributed by atoms with Crippen LogP contribution in [0, 0.1) is 0 Å². The maximum absolute atomic E-state index is 9.20. The van der Waals surface area contributed by atoms with Crippen molar-refractivity contribution in [2.24, 2.45) is 0 Å². The summed E-state index contributed by atoms with van der Waals surface area (Å²) < 4.78 is 44.4. The zero-order valence-electron chi connectivity index (χ0n) is 49.8. The van der Waals surface area contributed by atoms with Crippen LogP contribution in [-0.4, -0.2) is 0 Å². The van der Waals surface area contributed by atoms with Crippen LogP contribution in [0.4, 0.5) is 17.1 Å². The minimum atomic E-state index is -0.942. The number of hydrogen-bond acceptors (Lipinski definition) is 1. The first-order valence-corrected chi connectivity index (χ1v) is 28.2. The third-order valence-corrected chi connectivity index (χ3v) is 18.0. The molecule has 0 unspecified atom stereocenters. The number of hydrogen-bond donors (Lipinski definition) is 0. The Hall–Kier alpha value is -10.3. The van der Waals surface area contributed by atoms with E-state index in [0.29, 0.717) is 5.56 Å². The summed E-state index contributed by atoms with van der Waals surface area (Å²) in [6, 6.07) is 109. The number of anilines is 3. The quantitative estimate of drug-likeness (QED) is 0.132. The van der Waals surface area contributed by atoms with Gasteiger partial charge in [0, 0.05) is 17.1 Å². The zero-order chi connectivity index (χ0) is 58.6. The molecule has 1 nitrogen and oxygen atoms in total. The molecule has 0 aromatic heterocycles. The van der Waals surface area contributed by atoms with Crippen molar-refractivity contribution in [3.63, 3.8) is 0 Å². The van der Waals surface area contributed by atoms with Gasteiger partial charge >= 0.3 is 0 Å². The molecule has 0 saturated carbocycles. The fourth-order valence-corrected chi connectivity index (χ4v) is 14.8. The maximum Gasteiger partial charge on any atom is 0.0714 e. The van der Waals surface area contributed by atoms with Crippen molar-refractivity contribution >= 4 is 17.1 Å². The Kier molecular flexibility index (Phi) is 9.82. The van der Waals surface area contributed by atoms with Crippen LogP contribution < -0.4 is 4.90 Å². The van der Waals surface area contributed by atoms with Crippen molar-refractivity contribution in [3.05, 3.63) is 400 Å². The van der Waals surface area contributed by atoms with Crippen molar-refractivity contribution in [1.29, 1.82) is 0 Å². The Bertz CT molecular complexity index is 4530. The van der Waals surface area contributed by atoms with Crippen LogP contribution in [0.15, 0.2) is 334 Å². The molecule has 0 fully saturated rings. The topological polar surface area (TPSA) is 3.24 Å². The van der Waals surface area contributed by atoms with Crippen LogP contribution in [0.5, 0.6) is 0 Å². The Morgan fingerprint density at radius 2 is 0.488 bits per heavy atom. The first-order chi connectivity index (χ1) is 42.7. The molecule has 0 amide bonds. The molecule has 3 aliphatic carbocycles. The van der Waals surface area contributed by atoms with Crippen molar-refractivity contribution < 1.29 is 6.85 Å². The minimum Gasteiger partial charge on any atom is -0.310 e. The van der Waals surface area contributed by atoms with E-state index in [4.69, 9.17) is 4.11 Å². The number of fused-ring (bicyclic) bond motifs is 9. The molecule has 82 heavy (non-hydrogen) atoms. The predicted octanol–water partition coefficient (Wildman–Crippen LogP) is 19.9. The lowest BCUT2D eigenvalue weighted by molar-refractivity contribution is 0.766. The highest BCUT2D eigenvalue weighted by Gasteiger charge is 2.50. The van der Waals surface area contributed by atoms with E-state index in [0.717, 1.165) is 50.4 Å². The van der Waals surface area contributed by atoms with Gasteiger partial charge < -0.3 is 4.90 Å². The maximum atomic E-state index is 9.20. The predicted molar refractivity (Wildman–Crippen MR) is 338 cm³/mol.